The molecule has 2 rings (SSSR count). The van der Waals surface area contributed by atoms with E-state index in [2.05, 4.69) is 10.3 Å². The normalized spacial score (nSPS) is 10.2. The summed E-state index contributed by atoms with van der Waals surface area (Å²) >= 11 is 0. The Kier molecular flexibility index (Phi) is 4.61. The summed E-state index contributed by atoms with van der Waals surface area (Å²) in [6, 6.07) is 12.0. The lowest BCUT2D eigenvalue weighted by molar-refractivity contribution is -0.120. The predicted molar refractivity (Wildman–Crippen MR) is 71.1 cm³/mol. The van der Waals surface area contributed by atoms with E-state index in [0.717, 1.165) is 5.69 Å². The van der Waals surface area contributed by atoms with Gasteiger partial charge in [0.15, 0.2) is 0 Å². The van der Waals surface area contributed by atoms with Crippen LogP contribution >= 0.6 is 0 Å². The molecule has 1 N–H and O–H groups in total. The SMILES string of the molecule is O=C(Cc1ccccc1F)NCCc1ccccn1. The molecular weight excluding hydrogens is 243 g/mol. The molecule has 19 heavy (non-hydrogen) atoms. The Hall–Kier alpha value is -2.23. The second kappa shape index (κ2) is 6.64. The summed E-state index contributed by atoms with van der Waals surface area (Å²) in [6.07, 6.45) is 2.45. The van der Waals surface area contributed by atoms with E-state index < -0.39 is 0 Å². The molecule has 0 saturated heterocycles. The van der Waals surface area contributed by atoms with Gasteiger partial charge >= 0.3 is 0 Å². The van der Waals surface area contributed by atoms with Crippen molar-refractivity contribution >= 4 is 5.91 Å². The number of nitrogens with one attached hydrogen (secondary N) is 1. The molecule has 0 saturated carbocycles. The van der Waals surface area contributed by atoms with Crippen LogP contribution in [0.3, 0.4) is 0 Å². The van der Waals surface area contributed by atoms with Crippen LogP contribution in [0.15, 0.2) is 48.7 Å². The molecule has 4 heteroatoms. The first-order valence-electron chi connectivity index (χ1n) is 6.16. The third-order valence-electron chi connectivity index (χ3n) is 2.74. The van der Waals surface area contributed by atoms with E-state index in [1.807, 2.05) is 18.2 Å². The Bertz CT molecular complexity index is 543. The minimum absolute atomic E-state index is 0.0644. The van der Waals surface area contributed by atoms with E-state index in [0.29, 0.717) is 18.5 Å². The first-order chi connectivity index (χ1) is 9.25. The van der Waals surface area contributed by atoms with E-state index in [1.54, 1.807) is 24.4 Å². The number of nitrogens with zero attached hydrogens (tertiary/aromatic N) is 1. The molecule has 0 atom stereocenters. The number of hydrogen-bond acceptors (Lipinski definition) is 2. The van der Waals surface area contributed by atoms with E-state index in [4.69, 9.17) is 0 Å². The van der Waals surface area contributed by atoms with Crippen molar-refractivity contribution < 1.29 is 9.18 Å². The monoisotopic (exact) mass is 258 g/mol. The predicted octanol–water partition coefficient (Wildman–Crippen LogP) is 2.12. The number of carbonyl (C=O) groups is 1. The highest BCUT2D eigenvalue weighted by Crippen LogP contribution is 2.06. The van der Waals surface area contributed by atoms with Crippen molar-refractivity contribution in [2.24, 2.45) is 0 Å². The van der Waals surface area contributed by atoms with Gasteiger partial charge in [0.1, 0.15) is 5.82 Å². The van der Waals surface area contributed by atoms with Crippen LogP contribution in [-0.4, -0.2) is 17.4 Å². The van der Waals surface area contributed by atoms with Gasteiger partial charge in [0.25, 0.3) is 0 Å². The molecule has 1 heterocycles. The van der Waals surface area contributed by atoms with Gasteiger partial charge in [0.2, 0.25) is 5.91 Å². The van der Waals surface area contributed by atoms with Gasteiger partial charge in [0.05, 0.1) is 6.42 Å². The maximum atomic E-state index is 13.3. The summed E-state index contributed by atoms with van der Waals surface area (Å²) in [5.74, 6) is -0.525. The van der Waals surface area contributed by atoms with Crippen LogP contribution in [0.4, 0.5) is 4.39 Å². The molecule has 0 radical (unpaired) electrons. The van der Waals surface area contributed by atoms with Crippen molar-refractivity contribution in [1.29, 1.82) is 0 Å². The van der Waals surface area contributed by atoms with Crippen molar-refractivity contribution in [2.75, 3.05) is 6.54 Å². The summed E-state index contributed by atoms with van der Waals surface area (Å²) < 4.78 is 13.3. The molecular formula is C15H15FN2O. The largest absolute Gasteiger partial charge is 0.355 e. The fraction of sp³-hybridized carbons (Fsp3) is 0.200. The number of amides is 1. The summed E-state index contributed by atoms with van der Waals surface area (Å²) in [5, 5.41) is 2.76. The summed E-state index contributed by atoms with van der Waals surface area (Å²) in [5.41, 5.74) is 1.34. The van der Waals surface area contributed by atoms with Gasteiger partial charge in [-0.2, -0.15) is 0 Å². The Balaban J connectivity index is 1.78. The van der Waals surface area contributed by atoms with Gasteiger partial charge in [-0.25, -0.2) is 4.39 Å². The number of pyridine rings is 1. The summed E-state index contributed by atoms with van der Waals surface area (Å²) in [7, 11) is 0. The van der Waals surface area contributed by atoms with Crippen LogP contribution in [-0.2, 0) is 17.6 Å². The standard InChI is InChI=1S/C15H15FN2O/c16-14-7-2-1-5-12(14)11-15(19)18-10-8-13-6-3-4-9-17-13/h1-7,9H,8,10-11H2,(H,18,19). The van der Waals surface area contributed by atoms with Crippen molar-refractivity contribution in [1.82, 2.24) is 10.3 Å². The molecule has 2 aromatic rings. The topological polar surface area (TPSA) is 42.0 Å². The zero-order chi connectivity index (χ0) is 13.5. The Labute approximate surface area is 111 Å². The maximum Gasteiger partial charge on any atom is 0.224 e. The Morgan fingerprint density at radius 2 is 1.95 bits per heavy atom. The van der Waals surface area contributed by atoms with Crippen molar-refractivity contribution in [3.8, 4) is 0 Å². The summed E-state index contributed by atoms with van der Waals surface area (Å²) in [6.45, 7) is 0.504. The molecule has 3 nitrogen and oxygen atoms in total. The zero-order valence-corrected chi connectivity index (χ0v) is 10.5. The number of halogens is 1. The zero-order valence-electron chi connectivity index (χ0n) is 10.5. The highest BCUT2D eigenvalue weighted by molar-refractivity contribution is 5.78. The van der Waals surface area contributed by atoms with E-state index >= 15 is 0 Å². The quantitative estimate of drug-likeness (QED) is 0.892. The number of benzene rings is 1. The van der Waals surface area contributed by atoms with Gasteiger partial charge < -0.3 is 5.32 Å². The third-order valence-corrected chi connectivity index (χ3v) is 2.74. The van der Waals surface area contributed by atoms with Crippen molar-refractivity contribution in [3.05, 3.63) is 65.7 Å². The van der Waals surface area contributed by atoms with Crippen molar-refractivity contribution in [3.63, 3.8) is 0 Å². The molecule has 0 bridgehead atoms. The average molecular weight is 258 g/mol. The number of aromatic nitrogens is 1. The van der Waals surface area contributed by atoms with Gasteiger partial charge in [0, 0.05) is 24.9 Å². The molecule has 0 unspecified atom stereocenters. The van der Waals surface area contributed by atoms with Crippen LogP contribution < -0.4 is 5.32 Å². The Morgan fingerprint density at radius 3 is 2.68 bits per heavy atom. The number of carbonyl (C=O) groups excluding carboxylic acids is 1. The van der Waals surface area contributed by atoms with Gasteiger partial charge in [-0.3, -0.25) is 9.78 Å². The lowest BCUT2D eigenvalue weighted by Crippen LogP contribution is -2.27. The van der Waals surface area contributed by atoms with E-state index in [9.17, 15) is 9.18 Å². The molecule has 0 aliphatic rings. The second-order valence-electron chi connectivity index (χ2n) is 4.19. The molecule has 0 fully saturated rings. The minimum atomic E-state index is -0.345. The van der Waals surface area contributed by atoms with Gasteiger partial charge in [-0.15, -0.1) is 0 Å². The van der Waals surface area contributed by atoms with Crippen LogP contribution in [0, 0.1) is 5.82 Å². The number of rotatable bonds is 5. The van der Waals surface area contributed by atoms with Crippen LogP contribution in [0.25, 0.3) is 0 Å². The highest BCUT2D eigenvalue weighted by atomic mass is 19.1. The molecule has 0 aliphatic heterocycles. The highest BCUT2D eigenvalue weighted by Gasteiger charge is 2.06. The fourth-order valence-corrected chi connectivity index (χ4v) is 1.75. The second-order valence-corrected chi connectivity index (χ2v) is 4.19. The van der Waals surface area contributed by atoms with Crippen LogP contribution in [0.5, 0.6) is 0 Å². The molecule has 0 aliphatic carbocycles. The molecule has 1 aromatic heterocycles. The molecule has 1 amide bonds. The van der Waals surface area contributed by atoms with Gasteiger partial charge in [-0.1, -0.05) is 24.3 Å². The van der Waals surface area contributed by atoms with E-state index in [-0.39, 0.29) is 18.1 Å². The van der Waals surface area contributed by atoms with E-state index in [1.165, 1.54) is 6.07 Å². The third kappa shape index (κ3) is 4.17. The van der Waals surface area contributed by atoms with Crippen LogP contribution in [0.2, 0.25) is 0 Å². The lowest BCUT2D eigenvalue weighted by Gasteiger charge is -2.05. The van der Waals surface area contributed by atoms with Gasteiger partial charge in [-0.05, 0) is 23.8 Å². The van der Waals surface area contributed by atoms with Crippen LogP contribution in [0.1, 0.15) is 11.3 Å². The maximum absolute atomic E-state index is 13.3. The summed E-state index contributed by atoms with van der Waals surface area (Å²) in [4.78, 5) is 15.8. The first-order valence-corrected chi connectivity index (χ1v) is 6.16. The molecule has 1 aromatic carbocycles. The number of hydrogen-bond donors (Lipinski definition) is 1. The lowest BCUT2D eigenvalue weighted by atomic mass is 10.1. The van der Waals surface area contributed by atoms with Crippen molar-refractivity contribution in [2.45, 2.75) is 12.8 Å². The fourth-order valence-electron chi connectivity index (χ4n) is 1.75. The smallest absolute Gasteiger partial charge is 0.224 e. The average Bonchev–Trinajstić information content (AvgIpc) is 2.43. The first kappa shape index (κ1) is 13.2. The minimum Gasteiger partial charge on any atom is -0.355 e. The molecule has 0 spiro atoms. The molecule has 98 valence electrons. The Morgan fingerprint density at radius 1 is 1.16 bits per heavy atom.